The summed E-state index contributed by atoms with van der Waals surface area (Å²) in [5, 5.41) is 4.27. The summed E-state index contributed by atoms with van der Waals surface area (Å²) in [5.41, 5.74) is 0. The van der Waals surface area contributed by atoms with Gasteiger partial charge in [0.1, 0.15) is 0 Å². The highest BCUT2D eigenvalue weighted by molar-refractivity contribution is 7.09. The minimum Gasteiger partial charge on any atom is -0.463 e. The van der Waals surface area contributed by atoms with Gasteiger partial charge in [0.15, 0.2) is 0 Å². The molecular weight excluding hydrogens is 200 g/mol. The van der Waals surface area contributed by atoms with E-state index in [0.29, 0.717) is 12.6 Å². The lowest BCUT2D eigenvalue weighted by molar-refractivity contribution is 0.317. The van der Waals surface area contributed by atoms with Crippen molar-refractivity contribution in [2.45, 2.75) is 6.92 Å². The molecule has 1 saturated heterocycles. The molecule has 2 rings (SSSR count). The Kier molecular flexibility index (Phi) is 3.15. The van der Waals surface area contributed by atoms with Gasteiger partial charge in [-0.15, -0.1) is 4.37 Å². The molecule has 14 heavy (non-hydrogen) atoms. The summed E-state index contributed by atoms with van der Waals surface area (Å²) in [6, 6.07) is 0.506. The van der Waals surface area contributed by atoms with E-state index in [2.05, 4.69) is 19.6 Å². The molecule has 1 aliphatic heterocycles. The van der Waals surface area contributed by atoms with Crippen LogP contribution in [0, 0.1) is 0 Å². The van der Waals surface area contributed by atoms with E-state index in [1.54, 1.807) is 0 Å². The Labute approximate surface area is 87.3 Å². The second-order valence-corrected chi connectivity index (χ2v) is 3.76. The van der Waals surface area contributed by atoms with Crippen molar-refractivity contribution in [1.29, 1.82) is 0 Å². The summed E-state index contributed by atoms with van der Waals surface area (Å²) in [6.07, 6.45) is 0. The van der Waals surface area contributed by atoms with Crippen LogP contribution in [0.4, 0.5) is 5.13 Å². The van der Waals surface area contributed by atoms with E-state index in [-0.39, 0.29) is 0 Å². The number of anilines is 1. The zero-order valence-electron chi connectivity index (χ0n) is 8.19. The van der Waals surface area contributed by atoms with Crippen molar-refractivity contribution < 1.29 is 4.74 Å². The van der Waals surface area contributed by atoms with Crippen LogP contribution in [0.15, 0.2) is 0 Å². The lowest BCUT2D eigenvalue weighted by atomic mass is 10.4. The highest BCUT2D eigenvalue weighted by Gasteiger charge is 2.15. The van der Waals surface area contributed by atoms with E-state index in [9.17, 15) is 0 Å². The van der Waals surface area contributed by atoms with E-state index in [1.807, 2.05) is 6.92 Å². The molecule has 0 bridgehead atoms. The number of rotatable bonds is 3. The van der Waals surface area contributed by atoms with Crippen molar-refractivity contribution in [1.82, 2.24) is 14.7 Å². The van der Waals surface area contributed by atoms with Crippen LogP contribution < -0.4 is 15.0 Å². The molecule has 1 fully saturated rings. The van der Waals surface area contributed by atoms with Crippen molar-refractivity contribution in [2.24, 2.45) is 0 Å². The Morgan fingerprint density at radius 3 is 3.00 bits per heavy atom. The van der Waals surface area contributed by atoms with Crippen LogP contribution in [0.2, 0.25) is 0 Å². The molecule has 0 aromatic carbocycles. The molecule has 6 heteroatoms. The molecule has 1 aromatic heterocycles. The van der Waals surface area contributed by atoms with Gasteiger partial charge in [-0.3, -0.25) is 0 Å². The van der Waals surface area contributed by atoms with Crippen LogP contribution in [0.5, 0.6) is 6.01 Å². The van der Waals surface area contributed by atoms with Crippen molar-refractivity contribution >= 4 is 16.7 Å². The molecule has 1 aromatic rings. The van der Waals surface area contributed by atoms with Gasteiger partial charge < -0.3 is 15.0 Å². The first-order chi connectivity index (χ1) is 6.90. The van der Waals surface area contributed by atoms with Gasteiger partial charge in [-0.2, -0.15) is 4.98 Å². The molecule has 78 valence electrons. The average molecular weight is 214 g/mol. The van der Waals surface area contributed by atoms with E-state index < -0.39 is 0 Å². The van der Waals surface area contributed by atoms with Crippen LogP contribution in [0.1, 0.15) is 6.92 Å². The summed E-state index contributed by atoms with van der Waals surface area (Å²) in [4.78, 5) is 6.54. The third-order valence-electron chi connectivity index (χ3n) is 2.06. The zero-order chi connectivity index (χ0) is 9.80. The minimum atomic E-state index is 0.506. The first-order valence-electron chi connectivity index (χ1n) is 4.82. The summed E-state index contributed by atoms with van der Waals surface area (Å²) in [5.74, 6) is 0. The van der Waals surface area contributed by atoms with E-state index >= 15 is 0 Å². The first kappa shape index (κ1) is 9.67. The Balaban J connectivity index is 2.00. The quantitative estimate of drug-likeness (QED) is 0.786. The van der Waals surface area contributed by atoms with Crippen LogP contribution in [-0.2, 0) is 0 Å². The van der Waals surface area contributed by atoms with Gasteiger partial charge in [0.05, 0.1) is 6.61 Å². The number of piperazine rings is 1. The molecule has 0 atom stereocenters. The Morgan fingerprint density at radius 2 is 2.29 bits per heavy atom. The smallest absolute Gasteiger partial charge is 0.330 e. The predicted octanol–water partition coefficient (Wildman–Crippen LogP) is 0.346. The first-order valence-corrected chi connectivity index (χ1v) is 5.59. The van der Waals surface area contributed by atoms with Crippen molar-refractivity contribution in [3.05, 3.63) is 0 Å². The van der Waals surface area contributed by atoms with Gasteiger partial charge in [0.2, 0.25) is 5.13 Å². The lowest BCUT2D eigenvalue weighted by Gasteiger charge is -2.26. The average Bonchev–Trinajstić information content (AvgIpc) is 2.68. The maximum absolute atomic E-state index is 5.22. The lowest BCUT2D eigenvalue weighted by Crippen LogP contribution is -2.43. The number of hydrogen-bond acceptors (Lipinski definition) is 6. The molecule has 0 aliphatic carbocycles. The molecule has 0 spiro atoms. The standard InChI is InChI=1S/C8H14N4OS/c1-2-13-7-10-8(14-11-7)12-5-3-9-4-6-12/h9H,2-6H2,1H3. The highest BCUT2D eigenvalue weighted by Crippen LogP contribution is 2.20. The van der Waals surface area contributed by atoms with Crippen molar-refractivity contribution in [2.75, 3.05) is 37.7 Å². The maximum atomic E-state index is 5.22. The van der Waals surface area contributed by atoms with Gasteiger partial charge >= 0.3 is 6.01 Å². The Bertz CT molecular complexity index is 285. The summed E-state index contributed by atoms with van der Waals surface area (Å²) < 4.78 is 9.35. The third-order valence-corrected chi connectivity index (χ3v) is 2.82. The van der Waals surface area contributed by atoms with Gasteiger partial charge in [0, 0.05) is 37.7 Å². The number of hydrogen-bond donors (Lipinski definition) is 1. The zero-order valence-corrected chi connectivity index (χ0v) is 9.01. The summed E-state index contributed by atoms with van der Waals surface area (Å²) in [6.45, 7) is 6.60. The highest BCUT2D eigenvalue weighted by atomic mass is 32.1. The predicted molar refractivity (Wildman–Crippen MR) is 56.2 cm³/mol. The Hall–Kier alpha value is -0.880. The molecule has 1 N–H and O–H groups in total. The number of ether oxygens (including phenoxy) is 1. The van der Waals surface area contributed by atoms with Crippen LogP contribution in [-0.4, -0.2) is 42.1 Å². The maximum Gasteiger partial charge on any atom is 0.330 e. The van der Waals surface area contributed by atoms with Gasteiger partial charge in [-0.25, -0.2) is 0 Å². The molecular formula is C8H14N4OS. The minimum absolute atomic E-state index is 0.506. The molecule has 5 nitrogen and oxygen atoms in total. The molecule has 0 amide bonds. The van der Waals surface area contributed by atoms with E-state index in [1.165, 1.54) is 11.5 Å². The van der Waals surface area contributed by atoms with Crippen LogP contribution >= 0.6 is 11.5 Å². The SMILES string of the molecule is CCOc1nsc(N2CCNCC2)n1. The third kappa shape index (κ3) is 2.13. The van der Waals surface area contributed by atoms with Crippen molar-refractivity contribution in [3.8, 4) is 6.01 Å². The fourth-order valence-corrected chi connectivity index (χ4v) is 2.05. The van der Waals surface area contributed by atoms with E-state index in [4.69, 9.17) is 4.74 Å². The monoisotopic (exact) mass is 214 g/mol. The second-order valence-electron chi connectivity index (χ2n) is 3.03. The van der Waals surface area contributed by atoms with Crippen LogP contribution in [0.3, 0.4) is 0 Å². The molecule has 2 heterocycles. The summed E-state index contributed by atoms with van der Waals surface area (Å²) in [7, 11) is 0. The van der Waals surface area contributed by atoms with Crippen molar-refractivity contribution in [3.63, 3.8) is 0 Å². The Morgan fingerprint density at radius 1 is 1.50 bits per heavy atom. The topological polar surface area (TPSA) is 50.3 Å². The fourth-order valence-electron chi connectivity index (χ4n) is 1.37. The second kappa shape index (κ2) is 4.56. The number of nitrogens with zero attached hydrogens (tertiary/aromatic N) is 3. The largest absolute Gasteiger partial charge is 0.463 e. The van der Waals surface area contributed by atoms with E-state index in [0.717, 1.165) is 31.3 Å². The van der Waals surface area contributed by atoms with Gasteiger partial charge in [-0.05, 0) is 6.92 Å². The number of nitrogens with one attached hydrogen (secondary N) is 1. The molecule has 0 saturated carbocycles. The normalized spacial score (nSPS) is 17.1. The molecule has 0 unspecified atom stereocenters. The van der Waals surface area contributed by atoms with Crippen LogP contribution in [0.25, 0.3) is 0 Å². The molecule has 1 aliphatic rings. The van der Waals surface area contributed by atoms with Gasteiger partial charge in [0.25, 0.3) is 0 Å². The molecule has 0 radical (unpaired) electrons. The number of aromatic nitrogens is 2. The fraction of sp³-hybridized carbons (Fsp3) is 0.750. The van der Waals surface area contributed by atoms with Gasteiger partial charge in [-0.1, -0.05) is 0 Å². The summed E-state index contributed by atoms with van der Waals surface area (Å²) >= 11 is 1.41.